The number of aliphatic hydroxyl groups is 1. The first-order valence-electron chi connectivity index (χ1n) is 5.82. The van der Waals surface area contributed by atoms with Crippen LogP contribution in [0.25, 0.3) is 0 Å². The molecule has 0 saturated carbocycles. The molecule has 16 heavy (non-hydrogen) atoms. The van der Waals surface area contributed by atoms with Gasteiger partial charge in [0.2, 0.25) is 0 Å². The van der Waals surface area contributed by atoms with Crippen LogP contribution >= 0.6 is 0 Å². The maximum Gasteiger partial charge on any atom is 0.0570 e. The second-order valence-corrected chi connectivity index (χ2v) is 5.19. The summed E-state index contributed by atoms with van der Waals surface area (Å²) in [5, 5.41) is 9.43. The fourth-order valence-corrected chi connectivity index (χ4v) is 2.25. The normalized spacial score (nSPS) is 18.2. The molecule has 0 unspecified atom stereocenters. The van der Waals surface area contributed by atoms with Crippen molar-refractivity contribution in [3.8, 4) is 0 Å². The molecule has 88 valence electrons. The summed E-state index contributed by atoms with van der Waals surface area (Å²) >= 11 is 0. The van der Waals surface area contributed by atoms with Gasteiger partial charge in [-0.15, -0.1) is 0 Å². The van der Waals surface area contributed by atoms with Crippen molar-refractivity contribution in [1.82, 2.24) is 0 Å². The highest BCUT2D eigenvalue weighted by molar-refractivity contribution is 5.37. The molecule has 0 spiro atoms. The third kappa shape index (κ3) is 2.00. The van der Waals surface area contributed by atoms with Gasteiger partial charge < -0.3 is 9.84 Å². The van der Waals surface area contributed by atoms with Gasteiger partial charge in [-0.3, -0.25) is 0 Å². The molecule has 1 aliphatic heterocycles. The number of aliphatic hydroxyl groups excluding tert-OH is 1. The summed E-state index contributed by atoms with van der Waals surface area (Å²) in [6.45, 7) is 8.03. The Morgan fingerprint density at radius 1 is 1.12 bits per heavy atom. The van der Waals surface area contributed by atoms with Gasteiger partial charge in [0.25, 0.3) is 0 Å². The SMILES string of the molecule is Cc1cc(C)c(CC2(CO)COC2)cc1C. The van der Waals surface area contributed by atoms with Gasteiger partial charge in [0, 0.05) is 5.41 Å². The standard InChI is InChI=1S/C14H20O2/c1-10-4-12(3)13(5-11(10)2)6-14(7-15)8-16-9-14/h4-5,15H,6-9H2,1-3H3. The van der Waals surface area contributed by atoms with Crippen LogP contribution in [0.1, 0.15) is 22.3 Å². The monoisotopic (exact) mass is 220 g/mol. The Hall–Kier alpha value is -0.860. The van der Waals surface area contributed by atoms with Crippen LogP contribution in [0.15, 0.2) is 12.1 Å². The minimum atomic E-state index is -0.0214. The molecule has 0 aromatic heterocycles. The second-order valence-electron chi connectivity index (χ2n) is 5.19. The molecule has 0 amide bonds. The summed E-state index contributed by atoms with van der Waals surface area (Å²) in [6, 6.07) is 4.48. The van der Waals surface area contributed by atoms with Crippen molar-refractivity contribution in [2.75, 3.05) is 19.8 Å². The quantitative estimate of drug-likeness (QED) is 0.846. The smallest absolute Gasteiger partial charge is 0.0570 e. The molecule has 1 N–H and O–H groups in total. The van der Waals surface area contributed by atoms with Crippen LogP contribution in [0.5, 0.6) is 0 Å². The highest BCUT2D eigenvalue weighted by atomic mass is 16.5. The Morgan fingerprint density at radius 2 is 1.75 bits per heavy atom. The van der Waals surface area contributed by atoms with Gasteiger partial charge in [-0.1, -0.05) is 12.1 Å². The average molecular weight is 220 g/mol. The fourth-order valence-electron chi connectivity index (χ4n) is 2.25. The maximum atomic E-state index is 9.43. The van der Waals surface area contributed by atoms with Crippen LogP contribution < -0.4 is 0 Å². The van der Waals surface area contributed by atoms with E-state index < -0.39 is 0 Å². The van der Waals surface area contributed by atoms with E-state index in [0.717, 1.165) is 6.42 Å². The molecule has 2 heteroatoms. The van der Waals surface area contributed by atoms with E-state index in [1.165, 1.54) is 22.3 Å². The molecule has 1 aliphatic rings. The van der Waals surface area contributed by atoms with E-state index in [9.17, 15) is 5.11 Å². The van der Waals surface area contributed by atoms with Crippen molar-refractivity contribution in [1.29, 1.82) is 0 Å². The zero-order valence-corrected chi connectivity index (χ0v) is 10.3. The highest BCUT2D eigenvalue weighted by Gasteiger charge is 2.38. The van der Waals surface area contributed by atoms with E-state index >= 15 is 0 Å². The molecule has 1 fully saturated rings. The molecule has 0 aliphatic carbocycles. The Kier molecular flexibility index (Phi) is 3.04. The first-order valence-corrected chi connectivity index (χ1v) is 5.82. The zero-order chi connectivity index (χ0) is 11.8. The number of aryl methyl sites for hydroxylation is 3. The third-order valence-electron chi connectivity index (χ3n) is 3.67. The summed E-state index contributed by atoms with van der Waals surface area (Å²) in [5.74, 6) is 0. The molecule has 1 aromatic carbocycles. The lowest BCUT2D eigenvalue weighted by Crippen LogP contribution is -2.47. The van der Waals surface area contributed by atoms with E-state index in [-0.39, 0.29) is 12.0 Å². The predicted octanol–water partition coefficient (Wildman–Crippen LogP) is 2.16. The molecule has 0 bridgehead atoms. The van der Waals surface area contributed by atoms with Crippen molar-refractivity contribution < 1.29 is 9.84 Å². The Bertz CT molecular complexity index is 386. The third-order valence-corrected chi connectivity index (χ3v) is 3.67. The van der Waals surface area contributed by atoms with Crippen LogP contribution in [0.3, 0.4) is 0 Å². The summed E-state index contributed by atoms with van der Waals surface area (Å²) in [6.07, 6.45) is 0.927. The van der Waals surface area contributed by atoms with Gasteiger partial charge in [0.05, 0.1) is 19.8 Å². The van der Waals surface area contributed by atoms with Gasteiger partial charge in [0.1, 0.15) is 0 Å². The number of hydrogen-bond donors (Lipinski definition) is 1. The Labute approximate surface area is 97.3 Å². The lowest BCUT2D eigenvalue weighted by Gasteiger charge is -2.40. The number of benzene rings is 1. The fraction of sp³-hybridized carbons (Fsp3) is 0.571. The van der Waals surface area contributed by atoms with Gasteiger partial charge >= 0.3 is 0 Å². The van der Waals surface area contributed by atoms with Crippen LogP contribution in [0, 0.1) is 26.2 Å². The van der Waals surface area contributed by atoms with Crippen LogP contribution in [0.2, 0.25) is 0 Å². The largest absolute Gasteiger partial charge is 0.396 e. The van der Waals surface area contributed by atoms with Crippen molar-refractivity contribution >= 4 is 0 Å². The van der Waals surface area contributed by atoms with Gasteiger partial charge in [-0.05, 0) is 49.4 Å². The number of rotatable bonds is 3. The summed E-state index contributed by atoms with van der Waals surface area (Å²) in [5.41, 5.74) is 5.31. The number of hydrogen-bond acceptors (Lipinski definition) is 2. The lowest BCUT2D eigenvalue weighted by molar-refractivity contribution is -0.136. The lowest BCUT2D eigenvalue weighted by atomic mass is 9.79. The molecule has 1 aromatic rings. The van der Waals surface area contributed by atoms with E-state index in [1.807, 2.05) is 0 Å². The first-order chi connectivity index (χ1) is 7.56. The molecule has 2 nitrogen and oxygen atoms in total. The Balaban J connectivity index is 2.24. The molecule has 1 saturated heterocycles. The second kappa shape index (κ2) is 4.19. The molecular weight excluding hydrogens is 200 g/mol. The molecule has 0 atom stereocenters. The summed E-state index contributed by atoms with van der Waals surface area (Å²) < 4.78 is 5.24. The molecule has 1 heterocycles. The minimum absolute atomic E-state index is 0.0214. The van der Waals surface area contributed by atoms with Gasteiger partial charge in [-0.25, -0.2) is 0 Å². The number of ether oxygens (including phenoxy) is 1. The minimum Gasteiger partial charge on any atom is -0.396 e. The first kappa shape index (κ1) is 11.6. The van der Waals surface area contributed by atoms with E-state index in [1.54, 1.807) is 0 Å². The van der Waals surface area contributed by atoms with Crippen molar-refractivity contribution in [2.24, 2.45) is 5.41 Å². The Morgan fingerprint density at radius 3 is 2.25 bits per heavy atom. The van der Waals surface area contributed by atoms with E-state index in [2.05, 4.69) is 32.9 Å². The zero-order valence-electron chi connectivity index (χ0n) is 10.3. The van der Waals surface area contributed by atoms with Crippen LogP contribution in [-0.4, -0.2) is 24.9 Å². The summed E-state index contributed by atoms with van der Waals surface area (Å²) in [4.78, 5) is 0. The predicted molar refractivity (Wildman–Crippen MR) is 64.7 cm³/mol. The molecule has 0 radical (unpaired) electrons. The summed E-state index contributed by atoms with van der Waals surface area (Å²) in [7, 11) is 0. The van der Waals surface area contributed by atoms with E-state index in [0.29, 0.717) is 13.2 Å². The molecular formula is C14H20O2. The van der Waals surface area contributed by atoms with Crippen molar-refractivity contribution in [3.63, 3.8) is 0 Å². The van der Waals surface area contributed by atoms with Crippen LogP contribution in [0.4, 0.5) is 0 Å². The van der Waals surface area contributed by atoms with Crippen molar-refractivity contribution in [2.45, 2.75) is 27.2 Å². The van der Waals surface area contributed by atoms with Crippen molar-refractivity contribution in [3.05, 3.63) is 34.4 Å². The molecule has 2 rings (SSSR count). The topological polar surface area (TPSA) is 29.5 Å². The van der Waals surface area contributed by atoms with E-state index in [4.69, 9.17) is 4.74 Å². The highest BCUT2D eigenvalue weighted by Crippen LogP contribution is 2.32. The van der Waals surface area contributed by atoms with Gasteiger partial charge in [-0.2, -0.15) is 0 Å². The van der Waals surface area contributed by atoms with Crippen LogP contribution in [-0.2, 0) is 11.2 Å². The van der Waals surface area contributed by atoms with Gasteiger partial charge in [0.15, 0.2) is 0 Å². The maximum absolute atomic E-state index is 9.43. The average Bonchev–Trinajstić information content (AvgIpc) is 2.19.